The predicted octanol–water partition coefficient (Wildman–Crippen LogP) is 4.46. The molecule has 1 aromatic heterocycles. The standard InChI is InChI=1S/C20H18F2N2O/c1-23-11-13(12-6-14(21)9-15(22)7-12)8-18-17-10-16(25-3)4-5-19(17)24(2)20(18)23/h4-10H,11H2,1-3H3. The van der Waals surface area contributed by atoms with Gasteiger partial charge in [0.05, 0.1) is 12.6 Å². The van der Waals surface area contributed by atoms with Crippen molar-refractivity contribution >= 4 is 28.4 Å². The predicted molar refractivity (Wildman–Crippen MR) is 97.0 cm³/mol. The molecule has 3 nitrogen and oxygen atoms in total. The number of aromatic nitrogens is 1. The summed E-state index contributed by atoms with van der Waals surface area (Å²) in [7, 11) is 5.64. The van der Waals surface area contributed by atoms with Crippen LogP contribution in [0.1, 0.15) is 11.1 Å². The molecule has 0 bridgehead atoms. The van der Waals surface area contributed by atoms with Crippen LogP contribution in [0.25, 0.3) is 22.6 Å². The summed E-state index contributed by atoms with van der Waals surface area (Å²) in [6, 6.07) is 9.59. The van der Waals surface area contributed by atoms with Crippen LogP contribution in [-0.2, 0) is 7.05 Å². The molecular weight excluding hydrogens is 322 g/mol. The third kappa shape index (κ3) is 2.47. The van der Waals surface area contributed by atoms with Crippen LogP contribution in [0.5, 0.6) is 5.75 Å². The van der Waals surface area contributed by atoms with Crippen LogP contribution in [0.2, 0.25) is 0 Å². The fraction of sp³-hybridized carbons (Fsp3) is 0.200. The zero-order chi connectivity index (χ0) is 17.7. The molecule has 1 aliphatic heterocycles. The molecule has 3 aromatic rings. The van der Waals surface area contributed by atoms with E-state index in [1.165, 1.54) is 12.1 Å². The van der Waals surface area contributed by atoms with E-state index in [1.54, 1.807) is 7.11 Å². The highest BCUT2D eigenvalue weighted by atomic mass is 19.1. The summed E-state index contributed by atoms with van der Waals surface area (Å²) in [6.45, 7) is 0.581. The lowest BCUT2D eigenvalue weighted by molar-refractivity contribution is 0.415. The van der Waals surface area contributed by atoms with E-state index in [0.29, 0.717) is 12.1 Å². The first-order chi connectivity index (χ1) is 12.0. The van der Waals surface area contributed by atoms with E-state index in [-0.39, 0.29) is 0 Å². The quantitative estimate of drug-likeness (QED) is 0.685. The van der Waals surface area contributed by atoms with Gasteiger partial charge in [-0.05, 0) is 47.5 Å². The molecule has 128 valence electrons. The molecular formula is C20H18F2N2O. The van der Waals surface area contributed by atoms with Crippen LogP contribution in [0.15, 0.2) is 36.4 Å². The molecule has 4 rings (SSSR count). The molecule has 0 unspecified atom stereocenters. The number of halogens is 2. The molecule has 0 saturated heterocycles. The average Bonchev–Trinajstić information content (AvgIpc) is 2.86. The van der Waals surface area contributed by atoms with Crippen molar-refractivity contribution in [3.05, 3.63) is 59.2 Å². The second kappa shape index (κ2) is 5.62. The van der Waals surface area contributed by atoms with Crippen molar-refractivity contribution in [2.75, 3.05) is 25.6 Å². The number of likely N-dealkylation sites (N-methyl/N-ethyl adjacent to an activating group) is 1. The van der Waals surface area contributed by atoms with Gasteiger partial charge in [-0.15, -0.1) is 0 Å². The van der Waals surface area contributed by atoms with E-state index >= 15 is 0 Å². The van der Waals surface area contributed by atoms with Gasteiger partial charge in [-0.3, -0.25) is 0 Å². The number of hydrogen-bond acceptors (Lipinski definition) is 2. The number of ether oxygens (including phenoxy) is 1. The van der Waals surface area contributed by atoms with Crippen molar-refractivity contribution in [2.24, 2.45) is 7.05 Å². The molecule has 0 radical (unpaired) electrons. The van der Waals surface area contributed by atoms with E-state index < -0.39 is 11.6 Å². The van der Waals surface area contributed by atoms with Crippen LogP contribution in [0.4, 0.5) is 14.6 Å². The molecule has 0 aliphatic carbocycles. The molecule has 0 spiro atoms. The van der Waals surface area contributed by atoms with Gasteiger partial charge < -0.3 is 14.2 Å². The van der Waals surface area contributed by atoms with E-state index in [2.05, 4.69) is 9.47 Å². The Morgan fingerprint density at radius 2 is 1.72 bits per heavy atom. The third-order valence-electron chi connectivity index (χ3n) is 4.73. The third-order valence-corrected chi connectivity index (χ3v) is 4.73. The van der Waals surface area contributed by atoms with E-state index in [1.807, 2.05) is 38.4 Å². The number of aryl methyl sites for hydroxylation is 1. The lowest BCUT2D eigenvalue weighted by Gasteiger charge is -2.27. The normalized spacial score (nSPS) is 13.8. The molecule has 0 fully saturated rings. The lowest BCUT2D eigenvalue weighted by atomic mass is 9.98. The van der Waals surface area contributed by atoms with Crippen LogP contribution in [0.3, 0.4) is 0 Å². The SMILES string of the molecule is COc1ccc2c(c1)c1c(n2C)N(C)CC(c2cc(F)cc(F)c2)=C1. The number of hydrogen-bond donors (Lipinski definition) is 0. The minimum atomic E-state index is -0.566. The van der Waals surface area contributed by atoms with E-state index in [0.717, 1.165) is 39.7 Å². The van der Waals surface area contributed by atoms with Crippen molar-refractivity contribution < 1.29 is 13.5 Å². The minimum absolute atomic E-state index is 0.565. The highest BCUT2D eigenvalue weighted by Crippen LogP contribution is 2.40. The Morgan fingerprint density at radius 3 is 2.40 bits per heavy atom. The summed E-state index contributed by atoms with van der Waals surface area (Å²) in [4.78, 5) is 2.10. The van der Waals surface area contributed by atoms with Gasteiger partial charge in [0, 0.05) is 37.7 Å². The fourth-order valence-corrected chi connectivity index (χ4v) is 3.63. The maximum absolute atomic E-state index is 13.6. The van der Waals surface area contributed by atoms with Gasteiger partial charge in [0.1, 0.15) is 23.2 Å². The molecule has 0 amide bonds. The molecule has 5 heteroatoms. The Morgan fingerprint density at radius 1 is 1.00 bits per heavy atom. The number of methoxy groups -OCH3 is 1. The van der Waals surface area contributed by atoms with Crippen molar-refractivity contribution in [1.29, 1.82) is 0 Å². The summed E-state index contributed by atoms with van der Waals surface area (Å²) in [6.07, 6.45) is 2.02. The number of rotatable bonds is 2. The molecule has 25 heavy (non-hydrogen) atoms. The van der Waals surface area contributed by atoms with Gasteiger partial charge in [0.2, 0.25) is 0 Å². The van der Waals surface area contributed by atoms with E-state index in [9.17, 15) is 8.78 Å². The summed E-state index contributed by atoms with van der Waals surface area (Å²) in [5, 5.41) is 1.05. The molecule has 0 saturated carbocycles. The Balaban J connectivity index is 1.96. The maximum atomic E-state index is 13.6. The molecule has 0 atom stereocenters. The van der Waals surface area contributed by atoms with Gasteiger partial charge in [-0.25, -0.2) is 8.78 Å². The van der Waals surface area contributed by atoms with Crippen LogP contribution in [0, 0.1) is 11.6 Å². The Kier molecular flexibility index (Phi) is 3.53. The van der Waals surface area contributed by atoms with Gasteiger partial charge in [0.25, 0.3) is 0 Å². The zero-order valence-electron chi connectivity index (χ0n) is 14.3. The van der Waals surface area contributed by atoms with Crippen LogP contribution in [-0.4, -0.2) is 25.3 Å². The van der Waals surface area contributed by atoms with Gasteiger partial charge in [-0.2, -0.15) is 0 Å². The number of anilines is 1. The van der Waals surface area contributed by atoms with E-state index in [4.69, 9.17) is 4.74 Å². The summed E-state index contributed by atoms with van der Waals surface area (Å²) in [5.74, 6) is 0.720. The average molecular weight is 340 g/mol. The van der Waals surface area contributed by atoms with Gasteiger partial charge >= 0.3 is 0 Å². The van der Waals surface area contributed by atoms with Gasteiger partial charge in [0.15, 0.2) is 0 Å². The Hall–Kier alpha value is -2.82. The van der Waals surface area contributed by atoms with Crippen LogP contribution >= 0.6 is 0 Å². The van der Waals surface area contributed by atoms with Crippen LogP contribution < -0.4 is 9.64 Å². The van der Waals surface area contributed by atoms with Crippen molar-refractivity contribution in [2.45, 2.75) is 0 Å². The largest absolute Gasteiger partial charge is 0.497 e. The van der Waals surface area contributed by atoms with Crippen molar-refractivity contribution in [1.82, 2.24) is 4.57 Å². The smallest absolute Gasteiger partial charge is 0.126 e. The maximum Gasteiger partial charge on any atom is 0.126 e. The van der Waals surface area contributed by atoms with Gasteiger partial charge in [-0.1, -0.05) is 0 Å². The lowest BCUT2D eigenvalue weighted by Crippen LogP contribution is -2.25. The molecule has 2 aromatic carbocycles. The second-order valence-electron chi connectivity index (χ2n) is 6.36. The second-order valence-corrected chi connectivity index (χ2v) is 6.36. The first-order valence-corrected chi connectivity index (χ1v) is 8.02. The first kappa shape index (κ1) is 15.7. The topological polar surface area (TPSA) is 17.4 Å². The Bertz CT molecular complexity index is 1000. The number of benzene rings is 2. The summed E-state index contributed by atoms with van der Waals surface area (Å²) < 4.78 is 34.7. The Labute approximate surface area is 144 Å². The highest BCUT2D eigenvalue weighted by molar-refractivity contribution is 6.03. The number of fused-ring (bicyclic) bond motifs is 3. The highest BCUT2D eigenvalue weighted by Gasteiger charge is 2.23. The monoisotopic (exact) mass is 340 g/mol. The molecule has 1 aliphatic rings. The fourth-order valence-electron chi connectivity index (χ4n) is 3.63. The van der Waals surface area contributed by atoms with Crippen molar-refractivity contribution in [3.8, 4) is 5.75 Å². The zero-order valence-corrected chi connectivity index (χ0v) is 14.3. The molecule has 0 N–H and O–H groups in total. The minimum Gasteiger partial charge on any atom is -0.497 e. The first-order valence-electron chi connectivity index (χ1n) is 8.02. The van der Waals surface area contributed by atoms with Crippen molar-refractivity contribution in [3.63, 3.8) is 0 Å². The summed E-state index contributed by atoms with van der Waals surface area (Å²) in [5.41, 5.74) is 3.56. The molecule has 2 heterocycles. The number of nitrogens with zero attached hydrogens (tertiary/aromatic N) is 2. The summed E-state index contributed by atoms with van der Waals surface area (Å²) >= 11 is 0.